The van der Waals surface area contributed by atoms with Gasteiger partial charge in [-0.2, -0.15) is 0 Å². The maximum Gasteiger partial charge on any atom is 0.143 e. The summed E-state index contributed by atoms with van der Waals surface area (Å²) < 4.78 is 6.67. The maximum absolute atomic E-state index is 6.67. The Hall–Kier alpha value is -7.68. The largest absolute Gasteiger partial charge is 0.455 e. The van der Waals surface area contributed by atoms with Crippen molar-refractivity contribution in [1.29, 1.82) is 0 Å². The Labute approximate surface area is 337 Å². The highest BCUT2D eigenvalue weighted by molar-refractivity contribution is 6.19. The Kier molecular flexibility index (Phi) is 8.19. The number of benzene rings is 10. The molecule has 0 aliphatic heterocycles. The van der Waals surface area contributed by atoms with Gasteiger partial charge in [0.1, 0.15) is 11.2 Å². The lowest BCUT2D eigenvalue weighted by molar-refractivity contribution is 0.672. The van der Waals surface area contributed by atoms with E-state index >= 15 is 0 Å². The highest BCUT2D eigenvalue weighted by Gasteiger charge is 2.21. The van der Waals surface area contributed by atoms with Gasteiger partial charge >= 0.3 is 0 Å². The Bertz CT molecular complexity index is 3250. The third-order valence-electron chi connectivity index (χ3n) is 11.5. The molecule has 272 valence electrons. The lowest BCUT2D eigenvalue weighted by Gasteiger charge is -2.26. The summed E-state index contributed by atoms with van der Waals surface area (Å²) in [5.74, 6) is 0. The van der Waals surface area contributed by atoms with Crippen LogP contribution in [0.5, 0.6) is 0 Å². The normalized spacial score (nSPS) is 11.4. The molecule has 0 atom stereocenters. The monoisotopic (exact) mass is 739 g/mol. The van der Waals surface area contributed by atoms with Crippen LogP contribution >= 0.6 is 0 Å². The predicted octanol–water partition coefficient (Wildman–Crippen LogP) is 16.0. The molecule has 0 aliphatic rings. The summed E-state index contributed by atoms with van der Waals surface area (Å²) in [7, 11) is 0. The van der Waals surface area contributed by atoms with Crippen LogP contribution in [0.3, 0.4) is 0 Å². The fourth-order valence-corrected chi connectivity index (χ4v) is 8.58. The van der Waals surface area contributed by atoms with Gasteiger partial charge in [0, 0.05) is 22.1 Å². The van der Waals surface area contributed by atoms with E-state index in [-0.39, 0.29) is 0 Å². The number of anilines is 3. The Balaban J connectivity index is 1.01. The van der Waals surface area contributed by atoms with Crippen LogP contribution in [0.4, 0.5) is 17.1 Å². The highest BCUT2D eigenvalue weighted by Crippen LogP contribution is 2.45. The van der Waals surface area contributed by atoms with Crippen molar-refractivity contribution >= 4 is 60.5 Å². The molecule has 0 spiro atoms. The van der Waals surface area contributed by atoms with Crippen molar-refractivity contribution in [3.05, 3.63) is 224 Å². The van der Waals surface area contributed by atoms with Crippen molar-refractivity contribution in [2.75, 3.05) is 4.90 Å². The van der Waals surface area contributed by atoms with E-state index in [4.69, 9.17) is 4.42 Å². The van der Waals surface area contributed by atoms with Gasteiger partial charge in [-0.25, -0.2) is 0 Å². The first-order valence-electron chi connectivity index (χ1n) is 19.8. The Morgan fingerprint density at radius 2 is 0.810 bits per heavy atom. The van der Waals surface area contributed by atoms with Crippen molar-refractivity contribution in [2.24, 2.45) is 0 Å². The second-order valence-electron chi connectivity index (χ2n) is 14.9. The van der Waals surface area contributed by atoms with E-state index in [0.29, 0.717) is 0 Å². The molecule has 0 saturated heterocycles. The predicted molar refractivity (Wildman–Crippen MR) is 245 cm³/mol. The minimum Gasteiger partial charge on any atom is -0.455 e. The molecular weight excluding hydrogens is 703 g/mol. The quantitative estimate of drug-likeness (QED) is 0.162. The van der Waals surface area contributed by atoms with Crippen LogP contribution in [-0.2, 0) is 0 Å². The van der Waals surface area contributed by atoms with Gasteiger partial charge in [0.15, 0.2) is 0 Å². The molecule has 11 rings (SSSR count). The van der Waals surface area contributed by atoms with Gasteiger partial charge in [0.05, 0.1) is 11.1 Å². The number of nitrogens with zero attached hydrogens (tertiary/aromatic N) is 1. The Morgan fingerprint density at radius 3 is 1.52 bits per heavy atom. The van der Waals surface area contributed by atoms with Crippen molar-refractivity contribution in [3.8, 4) is 44.5 Å². The number of hydrogen-bond donors (Lipinski definition) is 0. The molecule has 1 heterocycles. The van der Waals surface area contributed by atoms with Crippen LogP contribution in [0.25, 0.3) is 88.0 Å². The van der Waals surface area contributed by atoms with Crippen LogP contribution in [0.2, 0.25) is 0 Å². The third kappa shape index (κ3) is 5.91. The Morgan fingerprint density at radius 1 is 0.310 bits per heavy atom. The molecule has 0 radical (unpaired) electrons. The summed E-state index contributed by atoms with van der Waals surface area (Å²) in [5, 5.41) is 6.99. The molecule has 0 bridgehead atoms. The molecule has 0 aliphatic carbocycles. The van der Waals surface area contributed by atoms with Crippen LogP contribution in [0, 0.1) is 0 Å². The van der Waals surface area contributed by atoms with Crippen LogP contribution in [0.15, 0.2) is 229 Å². The van der Waals surface area contributed by atoms with E-state index < -0.39 is 0 Å². The molecular formula is C56H37NO. The molecule has 1 aromatic heterocycles. The van der Waals surface area contributed by atoms with Gasteiger partial charge in [0.2, 0.25) is 0 Å². The lowest BCUT2D eigenvalue weighted by Crippen LogP contribution is -2.10. The molecule has 2 heteroatoms. The van der Waals surface area contributed by atoms with Gasteiger partial charge in [-0.15, -0.1) is 0 Å². The zero-order valence-electron chi connectivity index (χ0n) is 31.7. The fourth-order valence-electron chi connectivity index (χ4n) is 8.58. The smallest absolute Gasteiger partial charge is 0.143 e. The molecule has 0 amide bonds. The fraction of sp³-hybridized carbons (Fsp3) is 0. The second kappa shape index (κ2) is 14.1. The van der Waals surface area contributed by atoms with Crippen molar-refractivity contribution in [2.45, 2.75) is 0 Å². The SMILES string of the molecule is c1ccc(-c2ccc(-c3ccc(N(c4ccc(-c5cccc(-c6cccc7ccccc67)c5)cc4)c4cccc5oc6c7ccccc7ccc6c45)cc3)cc2)cc1. The summed E-state index contributed by atoms with van der Waals surface area (Å²) in [6.07, 6.45) is 0. The van der Waals surface area contributed by atoms with Crippen LogP contribution in [-0.4, -0.2) is 0 Å². The van der Waals surface area contributed by atoms with E-state index in [1.54, 1.807) is 0 Å². The van der Waals surface area contributed by atoms with Crippen molar-refractivity contribution < 1.29 is 4.42 Å². The number of fused-ring (bicyclic) bond motifs is 6. The zero-order chi connectivity index (χ0) is 38.4. The zero-order valence-corrected chi connectivity index (χ0v) is 31.7. The average molecular weight is 740 g/mol. The first-order chi connectivity index (χ1) is 28.7. The first kappa shape index (κ1) is 33.6. The first-order valence-corrected chi connectivity index (χ1v) is 19.8. The molecule has 10 aromatic carbocycles. The van der Waals surface area contributed by atoms with Gasteiger partial charge in [-0.1, -0.05) is 176 Å². The topological polar surface area (TPSA) is 16.4 Å². The van der Waals surface area contributed by atoms with E-state index in [0.717, 1.165) is 44.4 Å². The average Bonchev–Trinajstić information content (AvgIpc) is 3.70. The van der Waals surface area contributed by atoms with Gasteiger partial charge in [0.25, 0.3) is 0 Å². The lowest BCUT2D eigenvalue weighted by atomic mass is 9.95. The third-order valence-corrected chi connectivity index (χ3v) is 11.5. The highest BCUT2D eigenvalue weighted by atomic mass is 16.3. The summed E-state index contributed by atoms with van der Waals surface area (Å²) >= 11 is 0. The van der Waals surface area contributed by atoms with Crippen LogP contribution < -0.4 is 4.90 Å². The van der Waals surface area contributed by atoms with Crippen LogP contribution in [0.1, 0.15) is 0 Å². The molecule has 0 fully saturated rings. The number of rotatable bonds is 7. The maximum atomic E-state index is 6.67. The summed E-state index contributed by atoms with van der Waals surface area (Å²) in [6, 6.07) is 80.6. The number of furan rings is 1. The minimum atomic E-state index is 0.867. The van der Waals surface area contributed by atoms with E-state index in [1.165, 1.54) is 60.7 Å². The summed E-state index contributed by atoms with van der Waals surface area (Å²) in [4.78, 5) is 2.37. The van der Waals surface area contributed by atoms with E-state index in [1.807, 2.05) is 0 Å². The number of hydrogen-bond acceptors (Lipinski definition) is 2. The molecule has 0 saturated carbocycles. The second-order valence-corrected chi connectivity index (χ2v) is 14.9. The van der Waals surface area contributed by atoms with Gasteiger partial charge in [-0.05, 0) is 109 Å². The molecule has 0 unspecified atom stereocenters. The van der Waals surface area contributed by atoms with Crippen molar-refractivity contribution in [3.63, 3.8) is 0 Å². The van der Waals surface area contributed by atoms with Gasteiger partial charge < -0.3 is 9.32 Å². The minimum absolute atomic E-state index is 0.867. The molecule has 11 aromatic rings. The molecule has 2 nitrogen and oxygen atoms in total. The summed E-state index contributed by atoms with van der Waals surface area (Å²) in [6.45, 7) is 0. The summed E-state index contributed by atoms with van der Waals surface area (Å²) in [5.41, 5.74) is 14.6. The van der Waals surface area contributed by atoms with E-state index in [9.17, 15) is 0 Å². The van der Waals surface area contributed by atoms with E-state index in [2.05, 4.69) is 229 Å². The molecule has 58 heavy (non-hydrogen) atoms. The molecule has 0 N–H and O–H groups in total. The standard InChI is InChI=1S/C56H37NO/c1-2-11-38(12-3-1)39-23-25-40(26-24-39)41-27-32-47(33-28-41)57(53-21-10-22-54-55(53)52-36-31-44-14-5-7-19-51(44)56(52)58-54)48-34-29-42(30-35-48)45-16-8-17-46(37-45)50-20-9-15-43-13-4-6-18-49(43)50/h1-37H. The van der Waals surface area contributed by atoms with Crippen molar-refractivity contribution in [1.82, 2.24) is 0 Å². The van der Waals surface area contributed by atoms with Gasteiger partial charge in [-0.3, -0.25) is 0 Å².